The van der Waals surface area contributed by atoms with Gasteiger partial charge in [0.1, 0.15) is 5.82 Å². The first-order valence-corrected chi connectivity index (χ1v) is 7.86. The molecule has 0 spiro atoms. The zero-order valence-corrected chi connectivity index (χ0v) is 13.5. The Balaban J connectivity index is 1.96. The smallest absolute Gasteiger partial charge is 0.161 e. The molecule has 2 aromatic rings. The van der Waals surface area contributed by atoms with Crippen LogP contribution in [0.25, 0.3) is 0 Å². The summed E-state index contributed by atoms with van der Waals surface area (Å²) in [5, 5.41) is -0.466. The SMILES string of the molecule is Fc1ccc(Br)c(C(Cl)c2ccc3c(c2)OCCCO3)c1. The fourth-order valence-corrected chi connectivity index (χ4v) is 3.15. The van der Waals surface area contributed by atoms with Crippen LogP contribution in [0, 0.1) is 5.82 Å². The van der Waals surface area contributed by atoms with Crippen molar-refractivity contribution >= 4 is 27.5 Å². The predicted octanol–water partition coefficient (Wildman–Crippen LogP) is 5.08. The number of rotatable bonds is 2. The van der Waals surface area contributed by atoms with Crippen molar-refractivity contribution in [3.05, 3.63) is 57.8 Å². The van der Waals surface area contributed by atoms with Crippen LogP contribution in [0.4, 0.5) is 4.39 Å². The highest BCUT2D eigenvalue weighted by atomic mass is 79.9. The Bertz CT molecular complexity index is 663. The molecule has 0 fully saturated rings. The quantitative estimate of drug-likeness (QED) is 0.686. The number of benzene rings is 2. The van der Waals surface area contributed by atoms with Crippen LogP contribution in [0.5, 0.6) is 11.5 Å². The van der Waals surface area contributed by atoms with E-state index in [0.29, 0.717) is 24.5 Å². The third-order valence-electron chi connectivity index (χ3n) is 3.30. The van der Waals surface area contributed by atoms with Gasteiger partial charge in [0.15, 0.2) is 11.5 Å². The molecule has 5 heteroatoms. The van der Waals surface area contributed by atoms with Gasteiger partial charge in [-0.05, 0) is 41.5 Å². The second kappa shape index (κ2) is 6.24. The molecule has 0 radical (unpaired) electrons. The Hall–Kier alpha value is -1.26. The number of ether oxygens (including phenoxy) is 2. The minimum absolute atomic E-state index is 0.312. The van der Waals surface area contributed by atoms with Gasteiger partial charge < -0.3 is 9.47 Å². The van der Waals surface area contributed by atoms with Gasteiger partial charge in [-0.15, -0.1) is 11.6 Å². The molecule has 0 aromatic heterocycles. The first-order valence-electron chi connectivity index (χ1n) is 6.64. The van der Waals surface area contributed by atoms with Crippen molar-refractivity contribution in [1.82, 2.24) is 0 Å². The predicted molar refractivity (Wildman–Crippen MR) is 83.8 cm³/mol. The van der Waals surface area contributed by atoms with Gasteiger partial charge in [0.2, 0.25) is 0 Å². The van der Waals surface area contributed by atoms with Crippen LogP contribution in [0.2, 0.25) is 0 Å². The Morgan fingerprint density at radius 1 is 1.05 bits per heavy atom. The number of alkyl halides is 1. The summed E-state index contributed by atoms with van der Waals surface area (Å²) in [6.07, 6.45) is 0.851. The fourth-order valence-electron chi connectivity index (χ4n) is 2.23. The summed E-state index contributed by atoms with van der Waals surface area (Å²) in [5.41, 5.74) is 1.53. The van der Waals surface area contributed by atoms with E-state index < -0.39 is 5.38 Å². The number of hydrogen-bond acceptors (Lipinski definition) is 2. The maximum absolute atomic E-state index is 13.4. The average molecular weight is 372 g/mol. The van der Waals surface area contributed by atoms with E-state index in [9.17, 15) is 4.39 Å². The summed E-state index contributed by atoms with van der Waals surface area (Å²) in [5.74, 6) is 1.09. The lowest BCUT2D eigenvalue weighted by Crippen LogP contribution is -1.98. The summed E-state index contributed by atoms with van der Waals surface area (Å²) >= 11 is 9.91. The van der Waals surface area contributed by atoms with Crippen LogP contribution >= 0.6 is 27.5 Å². The molecule has 3 rings (SSSR count). The van der Waals surface area contributed by atoms with Crippen LogP contribution in [0.15, 0.2) is 40.9 Å². The summed E-state index contributed by atoms with van der Waals surface area (Å²) in [6.45, 7) is 1.26. The molecule has 21 heavy (non-hydrogen) atoms. The molecule has 110 valence electrons. The van der Waals surface area contributed by atoms with E-state index in [1.54, 1.807) is 6.07 Å². The van der Waals surface area contributed by atoms with Gasteiger partial charge in [0.25, 0.3) is 0 Å². The molecule has 1 atom stereocenters. The van der Waals surface area contributed by atoms with Crippen molar-refractivity contribution in [3.63, 3.8) is 0 Å². The molecule has 1 unspecified atom stereocenters. The lowest BCUT2D eigenvalue weighted by atomic mass is 10.0. The van der Waals surface area contributed by atoms with Crippen molar-refractivity contribution in [2.24, 2.45) is 0 Å². The van der Waals surface area contributed by atoms with Crippen molar-refractivity contribution < 1.29 is 13.9 Å². The minimum atomic E-state index is -0.466. The lowest BCUT2D eigenvalue weighted by molar-refractivity contribution is 0.297. The number of hydrogen-bond donors (Lipinski definition) is 0. The van der Waals surface area contributed by atoms with E-state index in [1.807, 2.05) is 18.2 Å². The Morgan fingerprint density at radius 3 is 2.62 bits per heavy atom. The third-order valence-corrected chi connectivity index (χ3v) is 4.50. The van der Waals surface area contributed by atoms with Crippen molar-refractivity contribution in [1.29, 1.82) is 0 Å². The molecule has 1 heterocycles. The highest BCUT2D eigenvalue weighted by Gasteiger charge is 2.18. The topological polar surface area (TPSA) is 18.5 Å². The van der Waals surface area contributed by atoms with Crippen molar-refractivity contribution in [2.45, 2.75) is 11.8 Å². The van der Waals surface area contributed by atoms with Crippen LogP contribution in [0.1, 0.15) is 22.9 Å². The number of fused-ring (bicyclic) bond motifs is 1. The molecular formula is C16H13BrClFO2. The molecule has 1 aliphatic heterocycles. The monoisotopic (exact) mass is 370 g/mol. The van der Waals surface area contributed by atoms with Gasteiger partial charge in [0.05, 0.1) is 18.6 Å². The molecule has 0 aliphatic carbocycles. The van der Waals surface area contributed by atoms with Crippen LogP contribution in [-0.2, 0) is 0 Å². The van der Waals surface area contributed by atoms with E-state index >= 15 is 0 Å². The third kappa shape index (κ3) is 3.16. The van der Waals surface area contributed by atoms with Crippen molar-refractivity contribution in [2.75, 3.05) is 13.2 Å². The van der Waals surface area contributed by atoms with E-state index in [0.717, 1.165) is 22.2 Å². The second-order valence-electron chi connectivity index (χ2n) is 4.79. The zero-order valence-electron chi connectivity index (χ0n) is 11.1. The van der Waals surface area contributed by atoms with Crippen molar-refractivity contribution in [3.8, 4) is 11.5 Å². The van der Waals surface area contributed by atoms with Crippen LogP contribution < -0.4 is 9.47 Å². The molecule has 0 saturated carbocycles. The molecule has 2 nitrogen and oxygen atoms in total. The first kappa shape index (κ1) is 14.7. The molecule has 2 aromatic carbocycles. The maximum atomic E-state index is 13.4. The van der Waals surface area contributed by atoms with E-state index in [1.165, 1.54) is 12.1 Å². The van der Waals surface area contributed by atoms with Crippen LogP contribution in [-0.4, -0.2) is 13.2 Å². The van der Waals surface area contributed by atoms with Gasteiger partial charge >= 0.3 is 0 Å². The molecule has 1 aliphatic rings. The summed E-state index contributed by atoms with van der Waals surface area (Å²) in [4.78, 5) is 0. The first-order chi connectivity index (χ1) is 10.1. The maximum Gasteiger partial charge on any atom is 0.161 e. The normalized spacial score (nSPS) is 15.4. The van der Waals surface area contributed by atoms with E-state index in [4.69, 9.17) is 21.1 Å². The standard InChI is InChI=1S/C16H13BrClFO2/c17-13-4-3-11(19)9-12(13)16(18)10-2-5-14-15(8-10)21-7-1-6-20-14/h2-5,8-9,16H,1,6-7H2. The molecule has 0 amide bonds. The highest BCUT2D eigenvalue weighted by molar-refractivity contribution is 9.10. The Labute approximate surface area is 136 Å². The van der Waals surface area contributed by atoms with Crippen LogP contribution in [0.3, 0.4) is 0 Å². The summed E-state index contributed by atoms with van der Waals surface area (Å²) in [7, 11) is 0. The zero-order chi connectivity index (χ0) is 14.8. The van der Waals surface area contributed by atoms with Gasteiger partial charge in [0, 0.05) is 10.9 Å². The van der Waals surface area contributed by atoms with E-state index in [-0.39, 0.29) is 5.82 Å². The molecule has 0 bridgehead atoms. The second-order valence-corrected chi connectivity index (χ2v) is 6.08. The highest BCUT2D eigenvalue weighted by Crippen LogP contribution is 2.38. The fraction of sp³-hybridized carbons (Fsp3) is 0.250. The molecular weight excluding hydrogens is 359 g/mol. The van der Waals surface area contributed by atoms with Gasteiger partial charge in [-0.25, -0.2) is 4.39 Å². The lowest BCUT2D eigenvalue weighted by Gasteiger charge is -2.15. The largest absolute Gasteiger partial charge is 0.490 e. The molecule has 0 saturated heterocycles. The van der Waals surface area contributed by atoms with Gasteiger partial charge in [-0.2, -0.15) is 0 Å². The molecule has 0 N–H and O–H groups in total. The van der Waals surface area contributed by atoms with Gasteiger partial charge in [-0.3, -0.25) is 0 Å². The Morgan fingerprint density at radius 2 is 1.81 bits per heavy atom. The summed E-state index contributed by atoms with van der Waals surface area (Å²) in [6, 6.07) is 10.1. The Kier molecular flexibility index (Phi) is 4.36. The minimum Gasteiger partial charge on any atom is -0.490 e. The number of halogens is 3. The average Bonchev–Trinajstić information content (AvgIpc) is 2.73. The van der Waals surface area contributed by atoms with Gasteiger partial charge in [-0.1, -0.05) is 22.0 Å². The van der Waals surface area contributed by atoms with E-state index in [2.05, 4.69) is 15.9 Å². The summed E-state index contributed by atoms with van der Waals surface area (Å²) < 4.78 is 25.5.